The van der Waals surface area contributed by atoms with Crippen molar-refractivity contribution < 1.29 is 28.6 Å². The van der Waals surface area contributed by atoms with Crippen LogP contribution in [0.15, 0.2) is 108 Å². The van der Waals surface area contributed by atoms with Gasteiger partial charge in [-0.15, -0.1) is 0 Å². The summed E-state index contributed by atoms with van der Waals surface area (Å²) in [6.45, 7) is 10.2. The lowest BCUT2D eigenvalue weighted by atomic mass is 9.94. The van der Waals surface area contributed by atoms with Gasteiger partial charge in [-0.3, -0.25) is 4.79 Å². The average Bonchev–Trinajstić information content (AvgIpc) is 3.27. The number of rotatable bonds is 15. The number of nitrogens with one attached hydrogen (secondary N) is 1. The third-order valence-corrected chi connectivity index (χ3v) is 6.14. The smallest absolute Gasteiger partial charge is 0.348 e. The van der Waals surface area contributed by atoms with Crippen LogP contribution in [0, 0.1) is 0 Å². The molecule has 0 bridgehead atoms. The van der Waals surface area contributed by atoms with Gasteiger partial charge in [-0.05, 0) is 65.0 Å². The van der Waals surface area contributed by atoms with E-state index in [-0.39, 0.29) is 18.2 Å². The van der Waals surface area contributed by atoms with Crippen LogP contribution in [-0.4, -0.2) is 61.3 Å². The summed E-state index contributed by atoms with van der Waals surface area (Å²) in [5.74, 6) is -1.19. The standard InChI is InChI=1S/C25H33FN2O5.C8H12/c1-25(24(30)31,33-23-11-6-4-5-10-22(23)26)16-19-8-7-9-21(13-12-19)32-15-14-20(17-27-2)28(3)18-29;1-4-5-6-7-8(2)3/h4-5,7,9-13,18,20,27H,6,8,14-17H2,1-3H3,(H,30,31);4-7H,2H2,1,3H3/b;5-4-,7-6-/t20-,25-;/m0./s1. The number of carbonyl (C=O) groups excluding carboxylic acids is 1. The lowest BCUT2D eigenvalue weighted by Crippen LogP contribution is -2.39. The molecule has 0 saturated heterocycles. The molecule has 0 aromatic rings. The van der Waals surface area contributed by atoms with E-state index < -0.39 is 17.4 Å². The summed E-state index contributed by atoms with van der Waals surface area (Å²) in [4.78, 5) is 24.7. The summed E-state index contributed by atoms with van der Waals surface area (Å²) in [7, 11) is 3.57. The fourth-order valence-electron chi connectivity index (χ4n) is 3.80. The second kappa shape index (κ2) is 19.2. The van der Waals surface area contributed by atoms with Crippen molar-refractivity contribution in [3.63, 3.8) is 0 Å². The van der Waals surface area contributed by atoms with Gasteiger partial charge in [-0.25, -0.2) is 9.18 Å². The molecule has 2 N–H and O–H groups in total. The number of amides is 1. The number of halogens is 1. The van der Waals surface area contributed by atoms with E-state index in [1.165, 1.54) is 19.1 Å². The summed E-state index contributed by atoms with van der Waals surface area (Å²) >= 11 is 0. The number of hydrogen-bond acceptors (Lipinski definition) is 5. The minimum absolute atomic E-state index is 0.0188. The number of carbonyl (C=O) groups is 2. The first-order valence-electron chi connectivity index (χ1n) is 13.7. The summed E-state index contributed by atoms with van der Waals surface area (Å²) in [6, 6.07) is 0.0188. The molecule has 0 saturated carbocycles. The number of hydrogen-bond donors (Lipinski definition) is 2. The Kier molecular flexibility index (Phi) is 16.5. The number of carboxylic acid groups (broad SMARTS) is 1. The molecular weight excluding hydrogens is 523 g/mol. The number of likely N-dealkylation sites (N-methyl/N-ethyl adjacent to an activating group) is 2. The highest BCUT2D eigenvalue weighted by Gasteiger charge is 2.38. The Bertz CT molecular complexity index is 1130. The molecule has 41 heavy (non-hydrogen) atoms. The highest BCUT2D eigenvalue weighted by Crippen LogP contribution is 2.31. The lowest BCUT2D eigenvalue weighted by molar-refractivity contribution is -0.158. The van der Waals surface area contributed by atoms with E-state index in [9.17, 15) is 19.1 Å². The highest BCUT2D eigenvalue weighted by atomic mass is 19.1. The van der Waals surface area contributed by atoms with Crippen molar-refractivity contribution >= 4 is 12.4 Å². The van der Waals surface area contributed by atoms with E-state index in [0.29, 0.717) is 38.2 Å². The lowest BCUT2D eigenvalue weighted by Gasteiger charge is -2.28. The van der Waals surface area contributed by atoms with Gasteiger partial charge in [-0.1, -0.05) is 66.3 Å². The van der Waals surface area contributed by atoms with Crippen molar-refractivity contribution in [3.8, 4) is 0 Å². The quantitative estimate of drug-likeness (QED) is 0.174. The minimum Gasteiger partial charge on any atom is -0.494 e. The van der Waals surface area contributed by atoms with E-state index in [4.69, 9.17) is 9.47 Å². The highest BCUT2D eigenvalue weighted by molar-refractivity contribution is 5.77. The zero-order valence-corrected chi connectivity index (χ0v) is 24.9. The van der Waals surface area contributed by atoms with E-state index in [0.717, 1.165) is 17.6 Å². The van der Waals surface area contributed by atoms with Crippen LogP contribution in [0.4, 0.5) is 4.39 Å². The van der Waals surface area contributed by atoms with Crippen LogP contribution < -0.4 is 5.32 Å². The van der Waals surface area contributed by atoms with Crippen molar-refractivity contribution in [1.29, 1.82) is 0 Å². The van der Waals surface area contributed by atoms with Gasteiger partial charge in [0.15, 0.2) is 11.6 Å². The third kappa shape index (κ3) is 13.8. The van der Waals surface area contributed by atoms with Crippen LogP contribution >= 0.6 is 0 Å². The third-order valence-electron chi connectivity index (χ3n) is 6.14. The number of nitrogens with zero attached hydrogens (tertiary/aromatic N) is 1. The zero-order valence-electron chi connectivity index (χ0n) is 24.9. The van der Waals surface area contributed by atoms with Gasteiger partial charge in [0, 0.05) is 32.5 Å². The topological polar surface area (TPSA) is 88.1 Å². The normalized spacial score (nSPS) is 17.0. The number of ether oxygens (including phenoxy) is 2. The van der Waals surface area contributed by atoms with E-state index >= 15 is 0 Å². The number of aliphatic carboxylic acids is 1. The van der Waals surface area contributed by atoms with Crippen LogP contribution in [0.5, 0.6) is 0 Å². The molecule has 2 atom stereocenters. The molecule has 0 spiro atoms. The van der Waals surface area contributed by atoms with Crippen LogP contribution in [0.3, 0.4) is 0 Å². The van der Waals surface area contributed by atoms with E-state index in [1.807, 2.05) is 63.4 Å². The summed E-state index contributed by atoms with van der Waals surface area (Å²) in [6.07, 6.45) is 23.9. The van der Waals surface area contributed by atoms with Crippen LogP contribution in [0.25, 0.3) is 0 Å². The maximum atomic E-state index is 14.2. The Labute approximate surface area is 244 Å². The first kappa shape index (κ1) is 35.1. The molecule has 7 nitrogen and oxygen atoms in total. The summed E-state index contributed by atoms with van der Waals surface area (Å²) < 4.78 is 25.8. The largest absolute Gasteiger partial charge is 0.494 e. The van der Waals surface area contributed by atoms with E-state index in [2.05, 4.69) is 11.9 Å². The molecule has 2 aliphatic rings. The molecule has 0 heterocycles. The van der Waals surface area contributed by atoms with Gasteiger partial charge in [0.2, 0.25) is 12.0 Å². The van der Waals surface area contributed by atoms with Crippen molar-refractivity contribution in [1.82, 2.24) is 10.2 Å². The minimum atomic E-state index is -1.62. The predicted octanol–water partition coefficient (Wildman–Crippen LogP) is 6.48. The maximum Gasteiger partial charge on any atom is 0.348 e. The molecule has 0 aliphatic heterocycles. The zero-order chi connectivity index (χ0) is 30.7. The van der Waals surface area contributed by atoms with Gasteiger partial charge in [-0.2, -0.15) is 0 Å². The first-order chi connectivity index (χ1) is 19.6. The number of carboxylic acids is 1. The predicted molar refractivity (Wildman–Crippen MR) is 164 cm³/mol. The van der Waals surface area contributed by atoms with Crippen molar-refractivity contribution in [2.75, 3.05) is 27.2 Å². The average molecular weight is 569 g/mol. The van der Waals surface area contributed by atoms with Gasteiger partial charge < -0.3 is 24.8 Å². The molecule has 0 aromatic carbocycles. The Morgan fingerprint density at radius 3 is 2.68 bits per heavy atom. The molecule has 1 amide bonds. The monoisotopic (exact) mass is 568 g/mol. The second-order valence-electron chi connectivity index (χ2n) is 9.91. The molecule has 2 rings (SSSR count). The fraction of sp³-hybridized carbons (Fsp3) is 0.394. The van der Waals surface area contributed by atoms with Crippen molar-refractivity contribution in [3.05, 3.63) is 108 Å². The van der Waals surface area contributed by atoms with Gasteiger partial charge in [0.1, 0.15) is 5.76 Å². The SMILES string of the molecule is C=C(C)/C=C\C=C/C.CNC[C@H](CCOC1=CC=C(C[C@](C)(OC2=CCC=CC=C2F)C(=O)O)CC=C1)N(C)C=O. The van der Waals surface area contributed by atoms with Gasteiger partial charge in [0.25, 0.3) is 0 Å². The Balaban J connectivity index is 0.000000915. The van der Waals surface area contributed by atoms with Crippen LogP contribution in [-0.2, 0) is 19.1 Å². The molecule has 0 aromatic heterocycles. The molecule has 224 valence electrons. The Hall–Kier alpha value is -3.91. The molecule has 0 unspecified atom stereocenters. The first-order valence-corrected chi connectivity index (χ1v) is 13.7. The number of allylic oxidation sites excluding steroid dienone is 14. The maximum absolute atomic E-state index is 14.2. The van der Waals surface area contributed by atoms with Gasteiger partial charge in [0.05, 0.1) is 6.61 Å². The molecular formula is C33H45FN2O5. The Morgan fingerprint density at radius 1 is 1.29 bits per heavy atom. The van der Waals surface area contributed by atoms with Crippen LogP contribution in [0.1, 0.15) is 46.5 Å². The molecule has 2 aliphatic carbocycles. The van der Waals surface area contributed by atoms with Crippen LogP contribution in [0.2, 0.25) is 0 Å². The molecule has 0 fully saturated rings. The second-order valence-corrected chi connectivity index (χ2v) is 9.91. The summed E-state index contributed by atoms with van der Waals surface area (Å²) in [5, 5.41) is 12.9. The molecule has 8 heteroatoms. The van der Waals surface area contributed by atoms with Crippen molar-refractivity contribution in [2.24, 2.45) is 0 Å². The van der Waals surface area contributed by atoms with E-state index in [1.54, 1.807) is 30.2 Å². The van der Waals surface area contributed by atoms with Crippen molar-refractivity contribution in [2.45, 2.75) is 58.1 Å². The fourth-order valence-corrected chi connectivity index (χ4v) is 3.80. The summed E-state index contributed by atoms with van der Waals surface area (Å²) in [5.41, 5.74) is 0.281. The molecule has 0 radical (unpaired) electrons. The Morgan fingerprint density at radius 2 is 2.05 bits per heavy atom. The van der Waals surface area contributed by atoms with Gasteiger partial charge >= 0.3 is 5.97 Å².